The van der Waals surface area contributed by atoms with Crippen LogP contribution in [0.4, 0.5) is 10.6 Å². The summed E-state index contributed by atoms with van der Waals surface area (Å²) < 4.78 is 23.6. The molecule has 0 bridgehead atoms. The van der Waals surface area contributed by atoms with Gasteiger partial charge < -0.3 is 28.7 Å². The van der Waals surface area contributed by atoms with Crippen molar-refractivity contribution in [1.29, 1.82) is 0 Å². The molecule has 2 aliphatic heterocycles. The maximum Gasteiger partial charge on any atom is 0.410 e. The predicted octanol–water partition coefficient (Wildman–Crippen LogP) is 7.08. The number of carbonyl (C=O) groups is 1. The van der Waals surface area contributed by atoms with Crippen LogP contribution in [-0.4, -0.2) is 73.9 Å². The van der Waals surface area contributed by atoms with E-state index in [2.05, 4.69) is 50.8 Å². The van der Waals surface area contributed by atoms with Gasteiger partial charge >= 0.3 is 6.09 Å². The lowest BCUT2D eigenvalue weighted by Gasteiger charge is -2.42. The molecule has 1 aromatic heterocycles. The van der Waals surface area contributed by atoms with E-state index in [1.165, 1.54) is 17.5 Å². The Bertz CT molecular complexity index is 1270. The average molecular weight is 594 g/mol. The van der Waals surface area contributed by atoms with Crippen molar-refractivity contribution in [3.8, 4) is 17.0 Å². The van der Waals surface area contributed by atoms with Crippen molar-refractivity contribution >= 4 is 11.9 Å². The zero-order valence-electron chi connectivity index (χ0n) is 27.3. The molecule has 0 radical (unpaired) electrons. The summed E-state index contributed by atoms with van der Waals surface area (Å²) in [4.78, 5) is 21.8. The van der Waals surface area contributed by atoms with E-state index < -0.39 is 5.60 Å². The summed E-state index contributed by atoms with van der Waals surface area (Å²) in [5.41, 5.74) is 4.44. The van der Waals surface area contributed by atoms with Crippen molar-refractivity contribution in [2.75, 3.05) is 50.9 Å². The number of anilines is 1. The number of carbonyl (C=O) groups excluding carboxylic acids is 1. The van der Waals surface area contributed by atoms with Crippen LogP contribution in [0.1, 0.15) is 91.7 Å². The molecule has 2 fully saturated rings. The first-order chi connectivity index (χ1) is 20.3. The topological polar surface area (TPSA) is 73.4 Å². The summed E-state index contributed by atoms with van der Waals surface area (Å²) in [6.45, 7) is 19.3. The molecule has 8 heteroatoms. The molecule has 1 aromatic carbocycles. The minimum Gasteiger partial charge on any atom is -0.489 e. The molecule has 236 valence electrons. The Morgan fingerprint density at radius 2 is 1.67 bits per heavy atom. The molecule has 2 saturated heterocycles. The highest BCUT2D eigenvalue weighted by molar-refractivity contribution is 5.71. The van der Waals surface area contributed by atoms with Crippen LogP contribution in [0, 0.1) is 0 Å². The van der Waals surface area contributed by atoms with E-state index >= 15 is 0 Å². The van der Waals surface area contributed by atoms with Crippen molar-refractivity contribution in [3.05, 3.63) is 41.5 Å². The lowest BCUT2D eigenvalue weighted by Crippen LogP contribution is -2.50. The quantitative estimate of drug-likeness (QED) is 0.318. The van der Waals surface area contributed by atoms with Gasteiger partial charge in [0, 0.05) is 38.3 Å². The Labute approximate surface area is 258 Å². The van der Waals surface area contributed by atoms with E-state index in [0.29, 0.717) is 39.4 Å². The average Bonchev–Trinajstić information content (AvgIpc) is 2.97. The van der Waals surface area contributed by atoms with Crippen molar-refractivity contribution in [1.82, 2.24) is 9.88 Å². The first kappa shape index (κ1) is 31.6. The first-order valence-electron chi connectivity index (χ1n) is 16.1. The SMILES string of the molecule is CC(C)(C)OC(=O)N1CCN(c2ccc(OCCOC3CCCCO3)c(-c3ccc4c(c3)C(C)(C)CCC4(C)C)n2)CC1. The number of rotatable bonds is 7. The van der Waals surface area contributed by atoms with Crippen LogP contribution in [-0.2, 0) is 25.0 Å². The number of ether oxygens (including phenoxy) is 4. The molecule has 0 N–H and O–H groups in total. The fourth-order valence-corrected chi connectivity index (χ4v) is 6.29. The summed E-state index contributed by atoms with van der Waals surface area (Å²) in [7, 11) is 0. The number of hydrogen-bond acceptors (Lipinski definition) is 7. The summed E-state index contributed by atoms with van der Waals surface area (Å²) in [5.74, 6) is 1.63. The number of fused-ring (bicyclic) bond motifs is 1. The van der Waals surface area contributed by atoms with Crippen LogP contribution in [0.3, 0.4) is 0 Å². The minimum atomic E-state index is -0.506. The Morgan fingerprint density at radius 3 is 2.35 bits per heavy atom. The van der Waals surface area contributed by atoms with Gasteiger partial charge in [-0.3, -0.25) is 0 Å². The Hall–Kier alpha value is -2.84. The van der Waals surface area contributed by atoms with E-state index in [1.807, 2.05) is 32.9 Å². The second-order valence-corrected chi connectivity index (χ2v) is 14.5. The highest BCUT2D eigenvalue weighted by Crippen LogP contribution is 2.47. The van der Waals surface area contributed by atoms with Crippen LogP contribution in [0.2, 0.25) is 0 Å². The fraction of sp³-hybridized carbons (Fsp3) is 0.657. The van der Waals surface area contributed by atoms with E-state index in [-0.39, 0.29) is 23.2 Å². The molecule has 2 aromatic rings. The van der Waals surface area contributed by atoms with Crippen molar-refractivity contribution in [3.63, 3.8) is 0 Å². The number of aromatic nitrogens is 1. The molecule has 0 spiro atoms. The number of pyridine rings is 1. The molecule has 1 atom stereocenters. The van der Waals surface area contributed by atoms with Gasteiger partial charge in [0.25, 0.3) is 0 Å². The Kier molecular flexibility index (Phi) is 9.29. The van der Waals surface area contributed by atoms with Crippen LogP contribution < -0.4 is 9.64 Å². The lowest BCUT2D eigenvalue weighted by molar-refractivity contribution is -0.165. The molecular weight excluding hydrogens is 542 g/mol. The minimum absolute atomic E-state index is 0.0886. The summed E-state index contributed by atoms with van der Waals surface area (Å²) in [6, 6.07) is 10.9. The van der Waals surface area contributed by atoms with Gasteiger partial charge in [-0.25, -0.2) is 9.78 Å². The van der Waals surface area contributed by atoms with Gasteiger partial charge in [0.05, 0.1) is 6.61 Å². The van der Waals surface area contributed by atoms with Gasteiger partial charge in [-0.15, -0.1) is 0 Å². The van der Waals surface area contributed by atoms with E-state index in [1.54, 1.807) is 4.90 Å². The molecular formula is C35H51N3O5. The predicted molar refractivity (Wildman–Crippen MR) is 170 cm³/mol. The normalized spacial score (nSPS) is 21.7. The van der Waals surface area contributed by atoms with Crippen LogP contribution >= 0.6 is 0 Å². The van der Waals surface area contributed by atoms with E-state index in [9.17, 15) is 4.79 Å². The van der Waals surface area contributed by atoms with Crippen molar-refractivity contribution in [2.24, 2.45) is 0 Å². The van der Waals surface area contributed by atoms with E-state index in [4.69, 9.17) is 23.9 Å². The maximum absolute atomic E-state index is 12.6. The maximum atomic E-state index is 12.6. The number of amides is 1. The molecule has 3 aliphatic rings. The molecule has 0 saturated carbocycles. The van der Waals surface area contributed by atoms with E-state index in [0.717, 1.165) is 55.1 Å². The zero-order chi connectivity index (χ0) is 30.8. The molecule has 3 heterocycles. The number of hydrogen-bond donors (Lipinski definition) is 0. The third-order valence-electron chi connectivity index (χ3n) is 9.01. The largest absolute Gasteiger partial charge is 0.489 e. The molecule has 43 heavy (non-hydrogen) atoms. The molecule has 1 unspecified atom stereocenters. The number of nitrogens with zero attached hydrogens (tertiary/aromatic N) is 3. The van der Waals surface area contributed by atoms with Crippen molar-refractivity contribution < 1.29 is 23.7 Å². The smallest absolute Gasteiger partial charge is 0.410 e. The van der Waals surface area contributed by atoms with Gasteiger partial charge in [-0.05, 0) is 93.0 Å². The molecule has 8 nitrogen and oxygen atoms in total. The number of piperazine rings is 1. The number of benzene rings is 1. The third kappa shape index (κ3) is 7.63. The fourth-order valence-electron chi connectivity index (χ4n) is 6.29. The molecule has 5 rings (SSSR count). The van der Waals surface area contributed by atoms with Gasteiger partial charge in [-0.1, -0.05) is 39.8 Å². The lowest BCUT2D eigenvalue weighted by atomic mass is 9.63. The second kappa shape index (κ2) is 12.6. The monoisotopic (exact) mass is 593 g/mol. The summed E-state index contributed by atoms with van der Waals surface area (Å²) in [5, 5.41) is 0. The standard InChI is InChI=1S/C35H51N3O5/c1-33(2,3)43-32(39)38-19-17-37(18-20-38)29-14-13-28(40-22-23-42-30-10-8-9-21-41-30)31(36-29)25-11-12-26-27(24-25)35(6,7)16-15-34(26,4)5/h11-14,24,30H,8-10,15-23H2,1-7H3. The highest BCUT2D eigenvalue weighted by atomic mass is 16.7. The molecule has 1 amide bonds. The summed E-state index contributed by atoms with van der Waals surface area (Å²) in [6.07, 6.45) is 5.10. The van der Waals surface area contributed by atoms with Crippen LogP contribution in [0.5, 0.6) is 5.75 Å². The van der Waals surface area contributed by atoms with Crippen LogP contribution in [0.25, 0.3) is 11.3 Å². The van der Waals surface area contributed by atoms with Crippen LogP contribution in [0.15, 0.2) is 30.3 Å². The zero-order valence-corrected chi connectivity index (χ0v) is 27.3. The third-order valence-corrected chi connectivity index (χ3v) is 9.01. The second-order valence-electron chi connectivity index (χ2n) is 14.5. The van der Waals surface area contributed by atoms with Gasteiger partial charge in [0.15, 0.2) is 6.29 Å². The Morgan fingerprint density at radius 1 is 0.953 bits per heavy atom. The Balaban J connectivity index is 1.37. The molecule has 1 aliphatic carbocycles. The summed E-state index contributed by atoms with van der Waals surface area (Å²) >= 11 is 0. The van der Waals surface area contributed by atoms with Gasteiger partial charge in [0.2, 0.25) is 0 Å². The van der Waals surface area contributed by atoms with Crippen molar-refractivity contribution in [2.45, 2.75) is 103 Å². The van der Waals surface area contributed by atoms with Gasteiger partial charge in [0.1, 0.15) is 29.5 Å². The highest BCUT2D eigenvalue weighted by Gasteiger charge is 2.37. The van der Waals surface area contributed by atoms with Gasteiger partial charge in [-0.2, -0.15) is 0 Å². The first-order valence-corrected chi connectivity index (χ1v) is 16.1.